The number of unbranched alkanes of at least 4 members (excludes halogenated alkanes) is 2. The van der Waals surface area contributed by atoms with E-state index in [0.717, 1.165) is 30.8 Å². The van der Waals surface area contributed by atoms with Gasteiger partial charge in [-0.15, -0.1) is 0 Å². The SMILES string of the molecule is CCCCCOc1cccc(CC(O)CC)c1. The minimum atomic E-state index is -0.245. The molecule has 1 unspecified atom stereocenters. The summed E-state index contributed by atoms with van der Waals surface area (Å²) in [5, 5.41) is 9.61. The van der Waals surface area contributed by atoms with E-state index in [2.05, 4.69) is 6.92 Å². The van der Waals surface area contributed by atoms with Crippen LogP contribution >= 0.6 is 0 Å². The molecule has 96 valence electrons. The predicted molar refractivity (Wildman–Crippen MR) is 71.5 cm³/mol. The molecule has 1 aromatic rings. The molecule has 0 aliphatic heterocycles. The van der Waals surface area contributed by atoms with Crippen molar-refractivity contribution in [3.05, 3.63) is 29.8 Å². The largest absolute Gasteiger partial charge is 0.494 e. The van der Waals surface area contributed by atoms with Gasteiger partial charge in [-0.1, -0.05) is 38.8 Å². The molecule has 0 radical (unpaired) electrons. The number of hydrogen-bond donors (Lipinski definition) is 1. The van der Waals surface area contributed by atoms with E-state index >= 15 is 0 Å². The van der Waals surface area contributed by atoms with Crippen molar-refractivity contribution in [1.29, 1.82) is 0 Å². The Morgan fingerprint density at radius 1 is 1.24 bits per heavy atom. The van der Waals surface area contributed by atoms with Crippen molar-refractivity contribution in [3.63, 3.8) is 0 Å². The van der Waals surface area contributed by atoms with Gasteiger partial charge in [0, 0.05) is 0 Å². The molecule has 1 atom stereocenters. The zero-order chi connectivity index (χ0) is 12.5. The van der Waals surface area contributed by atoms with Crippen molar-refractivity contribution in [3.8, 4) is 5.75 Å². The summed E-state index contributed by atoms with van der Waals surface area (Å²) in [5.41, 5.74) is 1.15. The highest BCUT2D eigenvalue weighted by atomic mass is 16.5. The van der Waals surface area contributed by atoms with Crippen molar-refractivity contribution < 1.29 is 9.84 Å². The quantitative estimate of drug-likeness (QED) is 0.699. The third kappa shape index (κ3) is 5.73. The monoisotopic (exact) mass is 236 g/mol. The van der Waals surface area contributed by atoms with Gasteiger partial charge < -0.3 is 9.84 Å². The van der Waals surface area contributed by atoms with Gasteiger partial charge in [-0.2, -0.15) is 0 Å². The molecule has 0 aromatic heterocycles. The second-order valence-corrected chi connectivity index (χ2v) is 4.47. The average molecular weight is 236 g/mol. The molecule has 0 saturated heterocycles. The second-order valence-electron chi connectivity index (χ2n) is 4.47. The number of ether oxygens (including phenoxy) is 1. The fraction of sp³-hybridized carbons (Fsp3) is 0.600. The molecule has 0 amide bonds. The van der Waals surface area contributed by atoms with Gasteiger partial charge in [0.25, 0.3) is 0 Å². The summed E-state index contributed by atoms with van der Waals surface area (Å²) in [4.78, 5) is 0. The highest BCUT2D eigenvalue weighted by Gasteiger charge is 2.03. The highest BCUT2D eigenvalue weighted by Crippen LogP contribution is 2.16. The molecule has 0 aliphatic rings. The van der Waals surface area contributed by atoms with Crippen molar-refractivity contribution in [2.75, 3.05) is 6.61 Å². The van der Waals surface area contributed by atoms with Gasteiger partial charge in [0.05, 0.1) is 12.7 Å². The van der Waals surface area contributed by atoms with Gasteiger partial charge >= 0.3 is 0 Å². The molecule has 0 bridgehead atoms. The number of hydrogen-bond acceptors (Lipinski definition) is 2. The molecule has 0 aliphatic carbocycles. The first kappa shape index (κ1) is 14.0. The summed E-state index contributed by atoms with van der Waals surface area (Å²) in [6.07, 6.45) is 4.80. The van der Waals surface area contributed by atoms with Crippen LogP contribution in [-0.2, 0) is 6.42 Å². The maximum atomic E-state index is 9.61. The van der Waals surface area contributed by atoms with E-state index in [1.165, 1.54) is 12.8 Å². The fourth-order valence-corrected chi connectivity index (χ4v) is 1.72. The Balaban J connectivity index is 2.42. The molecule has 17 heavy (non-hydrogen) atoms. The fourth-order valence-electron chi connectivity index (χ4n) is 1.72. The van der Waals surface area contributed by atoms with Crippen molar-refractivity contribution in [1.82, 2.24) is 0 Å². The van der Waals surface area contributed by atoms with Crippen molar-refractivity contribution >= 4 is 0 Å². The Bertz CT molecular complexity index is 310. The van der Waals surface area contributed by atoms with E-state index < -0.39 is 0 Å². The topological polar surface area (TPSA) is 29.5 Å². The molecule has 2 nitrogen and oxygen atoms in total. The average Bonchev–Trinajstić information content (AvgIpc) is 2.35. The Morgan fingerprint density at radius 3 is 2.76 bits per heavy atom. The molecule has 1 N–H and O–H groups in total. The molecule has 0 saturated carbocycles. The van der Waals surface area contributed by atoms with E-state index in [0.29, 0.717) is 6.42 Å². The van der Waals surface area contributed by atoms with E-state index in [-0.39, 0.29) is 6.10 Å². The van der Waals surface area contributed by atoms with E-state index in [1.807, 2.05) is 31.2 Å². The lowest BCUT2D eigenvalue weighted by molar-refractivity contribution is 0.170. The van der Waals surface area contributed by atoms with E-state index in [1.54, 1.807) is 0 Å². The first-order valence-electron chi connectivity index (χ1n) is 6.66. The van der Waals surface area contributed by atoms with Gasteiger partial charge in [-0.3, -0.25) is 0 Å². The third-order valence-electron chi connectivity index (χ3n) is 2.86. The normalized spacial score (nSPS) is 12.4. The molecule has 1 aromatic carbocycles. The Hall–Kier alpha value is -1.02. The van der Waals surface area contributed by atoms with Crippen LogP contribution in [0.15, 0.2) is 24.3 Å². The Morgan fingerprint density at radius 2 is 2.06 bits per heavy atom. The van der Waals surface area contributed by atoms with Gasteiger partial charge in [-0.05, 0) is 37.0 Å². The molecule has 0 heterocycles. The van der Waals surface area contributed by atoms with Gasteiger partial charge in [0.15, 0.2) is 0 Å². The van der Waals surface area contributed by atoms with Gasteiger partial charge in [0.2, 0.25) is 0 Å². The van der Waals surface area contributed by atoms with E-state index in [9.17, 15) is 5.11 Å². The van der Waals surface area contributed by atoms with Crippen LogP contribution in [0, 0.1) is 0 Å². The molecular weight excluding hydrogens is 212 g/mol. The van der Waals surface area contributed by atoms with Crippen LogP contribution < -0.4 is 4.74 Å². The number of rotatable bonds is 8. The predicted octanol–water partition coefficient (Wildman–Crippen LogP) is 3.57. The minimum absolute atomic E-state index is 0.245. The van der Waals surface area contributed by atoms with Crippen LogP contribution in [0.25, 0.3) is 0 Å². The van der Waals surface area contributed by atoms with Crippen LogP contribution in [0.3, 0.4) is 0 Å². The first-order chi connectivity index (χ1) is 8.26. The first-order valence-corrected chi connectivity index (χ1v) is 6.66. The zero-order valence-corrected chi connectivity index (χ0v) is 11.0. The molecular formula is C15H24O2. The lowest BCUT2D eigenvalue weighted by Gasteiger charge is -2.10. The van der Waals surface area contributed by atoms with Gasteiger partial charge in [0.1, 0.15) is 5.75 Å². The summed E-state index contributed by atoms with van der Waals surface area (Å²) in [6.45, 7) is 4.97. The summed E-state index contributed by atoms with van der Waals surface area (Å²) >= 11 is 0. The number of benzene rings is 1. The maximum absolute atomic E-state index is 9.61. The lowest BCUT2D eigenvalue weighted by Crippen LogP contribution is -2.08. The van der Waals surface area contributed by atoms with Crippen LogP contribution in [0.1, 0.15) is 45.1 Å². The van der Waals surface area contributed by atoms with E-state index in [4.69, 9.17) is 4.74 Å². The molecule has 2 heteroatoms. The summed E-state index contributed by atoms with van der Waals surface area (Å²) in [6, 6.07) is 8.04. The maximum Gasteiger partial charge on any atom is 0.119 e. The van der Waals surface area contributed by atoms with Crippen LogP contribution in [0.2, 0.25) is 0 Å². The summed E-state index contributed by atoms with van der Waals surface area (Å²) in [7, 11) is 0. The standard InChI is InChI=1S/C15H24O2/c1-3-5-6-10-17-15-9-7-8-13(12-15)11-14(16)4-2/h7-9,12,14,16H,3-6,10-11H2,1-2H3. The summed E-state index contributed by atoms with van der Waals surface area (Å²) < 4.78 is 5.68. The summed E-state index contributed by atoms with van der Waals surface area (Å²) in [5.74, 6) is 0.918. The minimum Gasteiger partial charge on any atom is -0.494 e. The zero-order valence-electron chi connectivity index (χ0n) is 11.0. The highest BCUT2D eigenvalue weighted by molar-refractivity contribution is 5.28. The Labute approximate surface area is 105 Å². The second kappa shape index (κ2) is 8.13. The number of aliphatic hydroxyl groups is 1. The molecule has 1 rings (SSSR count). The molecule has 0 spiro atoms. The van der Waals surface area contributed by atoms with Gasteiger partial charge in [-0.25, -0.2) is 0 Å². The van der Waals surface area contributed by atoms with Crippen LogP contribution in [-0.4, -0.2) is 17.8 Å². The number of aliphatic hydroxyl groups excluding tert-OH is 1. The lowest BCUT2D eigenvalue weighted by atomic mass is 10.1. The van der Waals surface area contributed by atoms with Crippen molar-refractivity contribution in [2.45, 2.75) is 52.1 Å². The van der Waals surface area contributed by atoms with Crippen LogP contribution in [0.4, 0.5) is 0 Å². The third-order valence-corrected chi connectivity index (χ3v) is 2.86. The smallest absolute Gasteiger partial charge is 0.119 e. The van der Waals surface area contributed by atoms with Crippen molar-refractivity contribution in [2.24, 2.45) is 0 Å². The molecule has 0 fully saturated rings. The Kier molecular flexibility index (Phi) is 6.71. The van der Waals surface area contributed by atoms with Crippen LogP contribution in [0.5, 0.6) is 5.75 Å².